The van der Waals surface area contributed by atoms with Gasteiger partial charge >= 0.3 is 6.18 Å². The number of pyridine rings is 1. The van der Waals surface area contributed by atoms with E-state index in [0.717, 1.165) is 33.3 Å². The molecule has 0 unspecified atom stereocenters. The maximum Gasteiger partial charge on any atom is 0.416 e. The first-order chi connectivity index (χ1) is 11.9. The lowest BCUT2D eigenvalue weighted by atomic mass is 9.98. The monoisotopic (exact) mass is 373 g/mol. The normalized spacial score (nSPS) is 11.5. The van der Waals surface area contributed by atoms with Gasteiger partial charge in [-0.1, -0.05) is 30.3 Å². The maximum absolute atomic E-state index is 13.0. The summed E-state index contributed by atoms with van der Waals surface area (Å²) in [6, 6.07) is 19.3. The Labute approximate surface area is 155 Å². The Hall–Kier alpha value is -2.59. The number of alkyl halides is 3. The standard InChI is InChI=1S/C21H15F3N.ClH/c1-25-13-16-5-2-3-8-18(16)19-12-15(9-10-20(19)25)14-6-4-7-17(11-14)21(22,23)24;/h2-13H,1H3;1H/q+1;/p-1. The number of benzene rings is 3. The molecule has 0 radical (unpaired) electrons. The highest BCUT2D eigenvalue weighted by Crippen LogP contribution is 2.33. The van der Waals surface area contributed by atoms with E-state index in [1.807, 2.05) is 54.1 Å². The zero-order valence-electron chi connectivity index (χ0n) is 13.9. The average molecular weight is 374 g/mol. The summed E-state index contributed by atoms with van der Waals surface area (Å²) >= 11 is 0. The Kier molecular flexibility index (Phi) is 4.63. The van der Waals surface area contributed by atoms with E-state index < -0.39 is 11.7 Å². The predicted octanol–water partition coefficient (Wildman–Crippen LogP) is 2.51. The lowest BCUT2D eigenvalue weighted by molar-refractivity contribution is -0.643. The molecule has 1 nitrogen and oxygen atoms in total. The van der Waals surface area contributed by atoms with Crippen molar-refractivity contribution in [3.63, 3.8) is 0 Å². The number of halogens is 4. The molecule has 0 aliphatic carbocycles. The van der Waals surface area contributed by atoms with Crippen molar-refractivity contribution in [2.75, 3.05) is 0 Å². The summed E-state index contributed by atoms with van der Waals surface area (Å²) in [6.45, 7) is 0. The molecule has 0 bridgehead atoms. The molecule has 0 fully saturated rings. The van der Waals surface area contributed by atoms with Crippen LogP contribution >= 0.6 is 0 Å². The predicted molar refractivity (Wildman–Crippen MR) is 93.1 cm³/mol. The molecule has 0 N–H and O–H groups in total. The van der Waals surface area contributed by atoms with Gasteiger partial charge in [-0.15, -0.1) is 0 Å². The average Bonchev–Trinajstić information content (AvgIpc) is 2.61. The van der Waals surface area contributed by atoms with E-state index in [0.29, 0.717) is 5.56 Å². The van der Waals surface area contributed by atoms with E-state index in [-0.39, 0.29) is 12.4 Å². The molecule has 0 amide bonds. The topological polar surface area (TPSA) is 3.88 Å². The molecule has 3 aromatic carbocycles. The number of hydrogen-bond acceptors (Lipinski definition) is 0. The summed E-state index contributed by atoms with van der Waals surface area (Å²) < 4.78 is 41.0. The fraction of sp³-hybridized carbons (Fsp3) is 0.0952. The number of hydrogen-bond donors (Lipinski definition) is 0. The van der Waals surface area contributed by atoms with Gasteiger partial charge in [0.15, 0.2) is 6.20 Å². The molecule has 5 heteroatoms. The van der Waals surface area contributed by atoms with Crippen LogP contribution in [0, 0.1) is 0 Å². The van der Waals surface area contributed by atoms with Crippen LogP contribution in [0.4, 0.5) is 13.2 Å². The van der Waals surface area contributed by atoms with Crippen molar-refractivity contribution in [3.05, 3.63) is 78.5 Å². The molecular formula is C21H15ClF3N. The van der Waals surface area contributed by atoms with E-state index in [1.54, 1.807) is 6.07 Å². The van der Waals surface area contributed by atoms with Crippen LogP contribution in [0.5, 0.6) is 0 Å². The Balaban J connectivity index is 0.00000196. The summed E-state index contributed by atoms with van der Waals surface area (Å²) in [4.78, 5) is 0. The van der Waals surface area contributed by atoms with E-state index in [9.17, 15) is 13.2 Å². The Bertz CT molecular complexity index is 1100. The van der Waals surface area contributed by atoms with Crippen LogP contribution in [0.3, 0.4) is 0 Å². The molecule has 0 spiro atoms. The van der Waals surface area contributed by atoms with Gasteiger partial charge in [-0.3, -0.25) is 0 Å². The molecule has 4 aromatic rings. The van der Waals surface area contributed by atoms with Gasteiger partial charge in [-0.2, -0.15) is 13.2 Å². The number of fused-ring (bicyclic) bond motifs is 3. The highest BCUT2D eigenvalue weighted by atomic mass is 35.5. The first-order valence-corrected chi connectivity index (χ1v) is 7.92. The van der Waals surface area contributed by atoms with Gasteiger partial charge in [0.1, 0.15) is 7.05 Å². The third kappa shape index (κ3) is 3.13. The molecule has 0 aliphatic rings. The fourth-order valence-corrected chi connectivity index (χ4v) is 3.25. The van der Waals surface area contributed by atoms with Crippen molar-refractivity contribution in [1.82, 2.24) is 0 Å². The first kappa shape index (κ1) is 18.2. The van der Waals surface area contributed by atoms with Gasteiger partial charge in [0.05, 0.1) is 10.9 Å². The van der Waals surface area contributed by atoms with Crippen molar-refractivity contribution in [3.8, 4) is 11.1 Å². The second-order valence-corrected chi connectivity index (χ2v) is 6.14. The molecule has 1 heterocycles. The van der Waals surface area contributed by atoms with Gasteiger partial charge in [0.2, 0.25) is 5.52 Å². The Morgan fingerprint density at radius 2 is 1.50 bits per heavy atom. The van der Waals surface area contributed by atoms with Gasteiger partial charge in [0.25, 0.3) is 0 Å². The van der Waals surface area contributed by atoms with Crippen LogP contribution in [0.25, 0.3) is 32.8 Å². The van der Waals surface area contributed by atoms with Crippen molar-refractivity contribution < 1.29 is 30.1 Å². The third-order valence-corrected chi connectivity index (χ3v) is 4.48. The smallest absolute Gasteiger partial charge is 0.416 e. The van der Waals surface area contributed by atoms with Crippen LogP contribution in [-0.2, 0) is 13.2 Å². The minimum Gasteiger partial charge on any atom is -1.00 e. The highest BCUT2D eigenvalue weighted by molar-refractivity contribution is 6.05. The molecule has 4 rings (SSSR count). The second-order valence-electron chi connectivity index (χ2n) is 6.14. The SMILES string of the molecule is C[n+]1cc2ccccc2c2cc(-c3cccc(C(F)(F)F)c3)ccc21.[Cl-]. The zero-order chi connectivity index (χ0) is 17.6. The molecule has 0 atom stereocenters. The van der Waals surface area contributed by atoms with Crippen molar-refractivity contribution in [2.24, 2.45) is 7.05 Å². The maximum atomic E-state index is 13.0. The number of nitrogens with zero attached hydrogens (tertiary/aromatic N) is 1. The largest absolute Gasteiger partial charge is 1.00 e. The van der Waals surface area contributed by atoms with E-state index in [4.69, 9.17) is 0 Å². The number of rotatable bonds is 1. The van der Waals surface area contributed by atoms with E-state index >= 15 is 0 Å². The van der Waals surface area contributed by atoms with E-state index in [1.165, 1.54) is 12.1 Å². The summed E-state index contributed by atoms with van der Waals surface area (Å²) in [5.74, 6) is 0. The lowest BCUT2D eigenvalue weighted by Crippen LogP contribution is -3.00. The minimum atomic E-state index is -4.34. The summed E-state index contributed by atoms with van der Waals surface area (Å²) in [5.41, 5.74) is 1.74. The van der Waals surface area contributed by atoms with E-state index in [2.05, 4.69) is 6.20 Å². The fourth-order valence-electron chi connectivity index (χ4n) is 3.25. The molecular weight excluding hydrogens is 359 g/mol. The molecule has 0 saturated heterocycles. The third-order valence-electron chi connectivity index (χ3n) is 4.48. The number of aryl methyl sites for hydroxylation is 1. The lowest BCUT2D eigenvalue weighted by Gasteiger charge is -2.10. The molecule has 1 aromatic heterocycles. The molecule has 26 heavy (non-hydrogen) atoms. The Morgan fingerprint density at radius 3 is 2.27 bits per heavy atom. The quantitative estimate of drug-likeness (QED) is 0.356. The van der Waals surface area contributed by atoms with Gasteiger partial charge in [-0.05, 0) is 41.5 Å². The molecule has 0 aliphatic heterocycles. The van der Waals surface area contributed by atoms with Crippen molar-refractivity contribution >= 4 is 21.7 Å². The van der Waals surface area contributed by atoms with Gasteiger partial charge < -0.3 is 12.4 Å². The van der Waals surface area contributed by atoms with Crippen molar-refractivity contribution in [2.45, 2.75) is 6.18 Å². The number of aromatic nitrogens is 1. The van der Waals surface area contributed by atoms with Crippen LogP contribution in [-0.4, -0.2) is 0 Å². The summed E-state index contributed by atoms with van der Waals surface area (Å²) in [7, 11) is 1.97. The van der Waals surface area contributed by atoms with Crippen LogP contribution < -0.4 is 17.0 Å². The second kappa shape index (κ2) is 6.61. The molecule has 0 saturated carbocycles. The van der Waals surface area contributed by atoms with Crippen molar-refractivity contribution in [1.29, 1.82) is 0 Å². The van der Waals surface area contributed by atoms with Gasteiger partial charge in [-0.25, -0.2) is 4.57 Å². The summed E-state index contributed by atoms with van der Waals surface area (Å²) in [5, 5.41) is 3.21. The van der Waals surface area contributed by atoms with Crippen LogP contribution in [0.15, 0.2) is 72.9 Å². The van der Waals surface area contributed by atoms with Crippen LogP contribution in [0.1, 0.15) is 5.56 Å². The van der Waals surface area contributed by atoms with Gasteiger partial charge in [0, 0.05) is 16.8 Å². The summed E-state index contributed by atoms with van der Waals surface area (Å²) in [6.07, 6.45) is -2.28. The minimum absolute atomic E-state index is 0. The Morgan fingerprint density at radius 1 is 0.769 bits per heavy atom. The zero-order valence-corrected chi connectivity index (χ0v) is 14.6. The molecule has 132 valence electrons. The first-order valence-electron chi connectivity index (χ1n) is 7.92. The van der Waals surface area contributed by atoms with Crippen LogP contribution in [0.2, 0.25) is 0 Å². The highest BCUT2D eigenvalue weighted by Gasteiger charge is 2.30.